The number of hydrogen-bond acceptors (Lipinski definition) is 5. The van der Waals surface area contributed by atoms with E-state index >= 15 is 0 Å². The number of aromatic carboxylic acids is 1. The Bertz CT molecular complexity index is 962. The van der Waals surface area contributed by atoms with Crippen LogP contribution >= 0.6 is 0 Å². The second-order valence-electron chi connectivity index (χ2n) is 5.98. The summed E-state index contributed by atoms with van der Waals surface area (Å²) < 4.78 is 23.8. The normalized spacial score (nSPS) is 11.4. The van der Waals surface area contributed by atoms with E-state index in [0.29, 0.717) is 24.7 Å². The van der Waals surface area contributed by atoms with Gasteiger partial charge in [-0.15, -0.1) is 0 Å². The lowest BCUT2D eigenvalue weighted by Crippen LogP contribution is -2.11. The van der Waals surface area contributed by atoms with Gasteiger partial charge in [-0.1, -0.05) is 18.2 Å². The van der Waals surface area contributed by atoms with Crippen molar-refractivity contribution in [1.82, 2.24) is 4.57 Å². The number of aromatic nitrogens is 1. The summed E-state index contributed by atoms with van der Waals surface area (Å²) in [5.41, 5.74) is 2.33. The quantitative estimate of drug-likeness (QED) is 0.577. The summed E-state index contributed by atoms with van der Waals surface area (Å²) in [7, 11) is 3.13. The van der Waals surface area contributed by atoms with Crippen LogP contribution < -0.4 is 4.74 Å². The number of fused-ring (bicyclic) bond motifs is 3. The molecule has 0 saturated heterocycles. The van der Waals surface area contributed by atoms with Gasteiger partial charge in [-0.2, -0.15) is 0 Å². The van der Waals surface area contributed by atoms with Gasteiger partial charge in [0, 0.05) is 37.2 Å². The maximum absolute atomic E-state index is 11.9. The Morgan fingerprint density at radius 1 is 1.15 bits per heavy atom. The monoisotopic (exact) mass is 373 g/mol. The minimum atomic E-state index is -1.03. The third kappa shape index (κ3) is 3.49. The number of carbonyl (C=O) groups is 1. The molecule has 144 valence electrons. The minimum Gasteiger partial charge on any atom is -0.478 e. The van der Waals surface area contributed by atoms with Crippen molar-refractivity contribution in [2.24, 2.45) is 0 Å². The number of para-hydroxylation sites is 1. The smallest absolute Gasteiger partial charge is 0.336 e. The van der Waals surface area contributed by atoms with Crippen molar-refractivity contribution in [3.63, 3.8) is 0 Å². The van der Waals surface area contributed by atoms with Crippen molar-refractivity contribution in [3.05, 3.63) is 41.5 Å². The lowest BCUT2D eigenvalue weighted by Gasteiger charge is -2.17. The Morgan fingerprint density at radius 2 is 1.93 bits per heavy atom. The maximum Gasteiger partial charge on any atom is 0.336 e. The first-order valence-corrected chi connectivity index (χ1v) is 8.62. The van der Waals surface area contributed by atoms with Gasteiger partial charge in [0.2, 0.25) is 0 Å². The Kier molecular flexibility index (Phi) is 5.95. The molecular formula is C20H23NO6. The van der Waals surface area contributed by atoms with Gasteiger partial charge in [-0.3, -0.25) is 0 Å². The molecule has 7 nitrogen and oxygen atoms in total. The van der Waals surface area contributed by atoms with E-state index in [9.17, 15) is 9.90 Å². The molecular weight excluding hydrogens is 350 g/mol. The van der Waals surface area contributed by atoms with Gasteiger partial charge in [0.15, 0.2) is 12.5 Å². The van der Waals surface area contributed by atoms with E-state index in [0.717, 1.165) is 21.8 Å². The maximum atomic E-state index is 11.9. The van der Waals surface area contributed by atoms with E-state index in [2.05, 4.69) is 0 Å². The topological polar surface area (TPSA) is 79.2 Å². The van der Waals surface area contributed by atoms with Crippen LogP contribution in [0.2, 0.25) is 0 Å². The molecule has 0 aliphatic rings. The number of nitrogens with zero attached hydrogens (tertiary/aromatic N) is 1. The zero-order chi connectivity index (χ0) is 19.4. The van der Waals surface area contributed by atoms with Crippen LogP contribution in [0.4, 0.5) is 0 Å². The fourth-order valence-electron chi connectivity index (χ4n) is 3.29. The summed E-state index contributed by atoms with van der Waals surface area (Å²) in [5, 5.41) is 11.5. The Morgan fingerprint density at radius 3 is 2.59 bits per heavy atom. The zero-order valence-electron chi connectivity index (χ0n) is 15.7. The highest BCUT2D eigenvalue weighted by Crippen LogP contribution is 2.39. The van der Waals surface area contributed by atoms with E-state index < -0.39 is 5.97 Å². The largest absolute Gasteiger partial charge is 0.478 e. The molecule has 0 amide bonds. The average molecular weight is 373 g/mol. The molecule has 3 rings (SSSR count). The molecule has 27 heavy (non-hydrogen) atoms. The molecule has 0 spiro atoms. The molecule has 3 aromatic rings. The highest BCUT2D eigenvalue weighted by atomic mass is 16.7. The van der Waals surface area contributed by atoms with Crippen LogP contribution in [0.1, 0.15) is 22.8 Å². The molecule has 0 unspecified atom stereocenters. The van der Waals surface area contributed by atoms with E-state index in [1.165, 1.54) is 7.11 Å². The first-order chi connectivity index (χ1) is 13.1. The van der Waals surface area contributed by atoms with Crippen molar-refractivity contribution in [2.45, 2.75) is 20.3 Å². The van der Waals surface area contributed by atoms with Gasteiger partial charge in [0.1, 0.15) is 6.73 Å². The number of hydrogen-bond donors (Lipinski definition) is 1. The first-order valence-electron chi connectivity index (χ1n) is 8.62. The SMILES string of the molecule is CCOCc1c(C(=O)O)cc2c3ccccc3n(COC)c2c1OCOC. The van der Waals surface area contributed by atoms with Crippen LogP contribution in [0.25, 0.3) is 21.8 Å². The number of rotatable bonds is 9. The van der Waals surface area contributed by atoms with Gasteiger partial charge < -0.3 is 28.6 Å². The second kappa shape index (κ2) is 8.39. The second-order valence-corrected chi connectivity index (χ2v) is 5.98. The van der Waals surface area contributed by atoms with Crippen LogP contribution in [-0.4, -0.2) is 43.3 Å². The van der Waals surface area contributed by atoms with Crippen LogP contribution in [-0.2, 0) is 27.5 Å². The lowest BCUT2D eigenvalue weighted by atomic mass is 10.0. The Labute approximate surface area is 157 Å². The van der Waals surface area contributed by atoms with Crippen LogP contribution in [0, 0.1) is 0 Å². The Balaban J connectivity index is 2.43. The molecule has 1 N–H and O–H groups in total. The first kappa shape index (κ1) is 19.2. The molecule has 0 saturated carbocycles. The van der Waals surface area contributed by atoms with E-state index in [4.69, 9.17) is 18.9 Å². The third-order valence-corrected chi connectivity index (χ3v) is 4.37. The molecule has 0 fully saturated rings. The van der Waals surface area contributed by atoms with E-state index in [1.54, 1.807) is 13.2 Å². The predicted molar refractivity (Wildman–Crippen MR) is 101 cm³/mol. The number of benzene rings is 2. The summed E-state index contributed by atoms with van der Waals surface area (Å²) in [6, 6.07) is 9.46. The predicted octanol–water partition coefficient (Wildman–Crippen LogP) is 3.62. The van der Waals surface area contributed by atoms with Gasteiger partial charge in [-0.25, -0.2) is 4.79 Å². The minimum absolute atomic E-state index is 0.00813. The molecule has 0 atom stereocenters. The standard InChI is InChI=1S/C20H23NO6/c1-4-26-10-16-15(20(22)23)9-14-13-7-5-6-8-17(13)21(11-24-2)18(14)19(16)27-12-25-3/h5-9H,4,10-12H2,1-3H3,(H,22,23). The number of carboxylic acid groups (broad SMARTS) is 1. The summed E-state index contributed by atoms with van der Waals surface area (Å²) in [6.07, 6.45) is 0. The summed E-state index contributed by atoms with van der Waals surface area (Å²) in [5.74, 6) is -0.592. The van der Waals surface area contributed by atoms with Crippen LogP contribution in [0.15, 0.2) is 30.3 Å². The van der Waals surface area contributed by atoms with Gasteiger partial charge in [0.25, 0.3) is 0 Å². The fourth-order valence-corrected chi connectivity index (χ4v) is 3.29. The highest BCUT2D eigenvalue weighted by molar-refractivity contribution is 6.13. The molecule has 1 aromatic heterocycles. The van der Waals surface area contributed by atoms with Crippen molar-refractivity contribution in [1.29, 1.82) is 0 Å². The molecule has 0 aliphatic heterocycles. The number of ether oxygens (including phenoxy) is 4. The zero-order valence-corrected chi connectivity index (χ0v) is 15.7. The summed E-state index contributed by atoms with van der Waals surface area (Å²) in [6.45, 7) is 2.74. The molecule has 1 heterocycles. The lowest BCUT2D eigenvalue weighted by molar-refractivity contribution is 0.0478. The summed E-state index contributed by atoms with van der Waals surface area (Å²) >= 11 is 0. The molecule has 2 aromatic carbocycles. The van der Waals surface area contributed by atoms with Crippen molar-refractivity contribution >= 4 is 27.8 Å². The average Bonchev–Trinajstić information content (AvgIpc) is 2.98. The molecule has 0 aliphatic carbocycles. The molecule has 7 heteroatoms. The van der Waals surface area contributed by atoms with Crippen LogP contribution in [0.5, 0.6) is 5.75 Å². The molecule has 0 radical (unpaired) electrons. The number of carboxylic acids is 1. The van der Waals surface area contributed by atoms with Gasteiger partial charge >= 0.3 is 5.97 Å². The third-order valence-electron chi connectivity index (χ3n) is 4.37. The van der Waals surface area contributed by atoms with Crippen molar-refractivity contribution in [3.8, 4) is 5.75 Å². The summed E-state index contributed by atoms with van der Waals surface area (Å²) in [4.78, 5) is 11.9. The van der Waals surface area contributed by atoms with E-state index in [-0.39, 0.29) is 19.0 Å². The van der Waals surface area contributed by atoms with E-state index in [1.807, 2.05) is 35.8 Å². The van der Waals surface area contributed by atoms with Gasteiger partial charge in [-0.05, 0) is 19.1 Å². The highest BCUT2D eigenvalue weighted by Gasteiger charge is 2.24. The molecule has 0 bridgehead atoms. The Hall–Kier alpha value is -2.61. The fraction of sp³-hybridized carbons (Fsp3) is 0.350. The van der Waals surface area contributed by atoms with Crippen molar-refractivity contribution in [2.75, 3.05) is 27.6 Å². The van der Waals surface area contributed by atoms with Gasteiger partial charge in [0.05, 0.1) is 23.2 Å². The van der Waals surface area contributed by atoms with Crippen LogP contribution in [0.3, 0.4) is 0 Å². The van der Waals surface area contributed by atoms with Crippen molar-refractivity contribution < 1.29 is 28.8 Å². The number of methoxy groups -OCH3 is 2.